The van der Waals surface area contributed by atoms with Crippen molar-refractivity contribution in [2.45, 2.75) is 30.1 Å². The number of halogens is 2. The minimum absolute atomic E-state index is 0.0678. The second-order valence-electron chi connectivity index (χ2n) is 7.10. The summed E-state index contributed by atoms with van der Waals surface area (Å²) in [5.74, 6) is -0.597. The van der Waals surface area contributed by atoms with Crippen molar-refractivity contribution in [2.24, 2.45) is 0 Å². The number of hydrogen-bond acceptors (Lipinski definition) is 8. The molecule has 1 saturated heterocycles. The fraction of sp³-hybridized carbons (Fsp3) is 0.316. The summed E-state index contributed by atoms with van der Waals surface area (Å²) < 4.78 is 5.30. The number of rotatable bonds is 7. The third-order valence-electron chi connectivity index (χ3n) is 4.85. The number of amides is 3. The van der Waals surface area contributed by atoms with Gasteiger partial charge in [0.25, 0.3) is 11.1 Å². The Labute approximate surface area is 206 Å². The summed E-state index contributed by atoms with van der Waals surface area (Å²) in [6.45, 7) is 1.84. The molecular formula is C19H17Cl2N5O5S2. The van der Waals surface area contributed by atoms with Crippen molar-refractivity contribution in [1.29, 1.82) is 0 Å². The van der Waals surface area contributed by atoms with E-state index in [2.05, 4.69) is 20.8 Å². The number of thioether (sulfide) groups is 2. The molecule has 4 rings (SSSR count). The quantitative estimate of drug-likeness (QED) is 0.365. The van der Waals surface area contributed by atoms with Gasteiger partial charge in [-0.1, -0.05) is 41.0 Å². The van der Waals surface area contributed by atoms with E-state index < -0.39 is 29.3 Å². The molecule has 2 aliphatic heterocycles. The molecule has 33 heavy (non-hydrogen) atoms. The molecule has 2 aliphatic rings. The lowest BCUT2D eigenvalue weighted by Gasteiger charge is -2.49. The molecule has 2 atom stereocenters. The smallest absolute Gasteiger partial charge is 0.352 e. The van der Waals surface area contributed by atoms with Gasteiger partial charge in [0.2, 0.25) is 5.89 Å². The zero-order valence-corrected chi connectivity index (χ0v) is 20.1. The first kappa shape index (κ1) is 23.7. The SMILES string of the molecule is Cc1nnc(SCC2=C(C(=O)O)N3C(=O)C(NC(=O)NCc4ccc(Cl)c(Cl)c4)[C@H]3SC2)o1. The molecule has 3 amide bonds. The number of aliphatic carboxylic acids is 1. The van der Waals surface area contributed by atoms with E-state index in [1.807, 2.05) is 0 Å². The van der Waals surface area contributed by atoms with Gasteiger partial charge in [-0.2, -0.15) is 0 Å². The molecule has 1 unspecified atom stereocenters. The van der Waals surface area contributed by atoms with Crippen LogP contribution < -0.4 is 10.6 Å². The van der Waals surface area contributed by atoms with Crippen LogP contribution in [0.1, 0.15) is 11.5 Å². The lowest BCUT2D eigenvalue weighted by molar-refractivity contribution is -0.148. The van der Waals surface area contributed by atoms with Crippen LogP contribution in [0.15, 0.2) is 39.1 Å². The number of fused-ring (bicyclic) bond motifs is 1. The molecule has 0 radical (unpaired) electrons. The monoisotopic (exact) mass is 529 g/mol. The van der Waals surface area contributed by atoms with E-state index in [-0.39, 0.29) is 18.0 Å². The first-order valence-corrected chi connectivity index (χ1v) is 12.3. The average Bonchev–Trinajstić information content (AvgIpc) is 3.21. The second-order valence-corrected chi connectivity index (χ2v) is 9.94. The van der Waals surface area contributed by atoms with Crippen LogP contribution in [-0.2, 0) is 16.1 Å². The van der Waals surface area contributed by atoms with E-state index in [4.69, 9.17) is 27.6 Å². The molecule has 0 saturated carbocycles. The Morgan fingerprint density at radius 3 is 2.79 bits per heavy atom. The number of β-lactam (4-membered cyclic amide) rings is 1. The van der Waals surface area contributed by atoms with Gasteiger partial charge in [0.05, 0.1) is 10.0 Å². The number of carbonyl (C=O) groups is 3. The number of nitrogens with one attached hydrogen (secondary N) is 2. The summed E-state index contributed by atoms with van der Waals surface area (Å²) in [6, 6.07) is 3.61. The van der Waals surface area contributed by atoms with Crippen LogP contribution in [0, 0.1) is 6.92 Å². The van der Waals surface area contributed by atoms with Gasteiger partial charge in [-0.15, -0.1) is 22.0 Å². The highest BCUT2D eigenvalue weighted by molar-refractivity contribution is 8.01. The Morgan fingerprint density at radius 1 is 1.33 bits per heavy atom. The van der Waals surface area contributed by atoms with Gasteiger partial charge >= 0.3 is 12.0 Å². The van der Waals surface area contributed by atoms with Crippen LogP contribution in [-0.4, -0.2) is 61.0 Å². The maximum absolute atomic E-state index is 12.7. The third kappa shape index (κ3) is 5.08. The van der Waals surface area contributed by atoms with Gasteiger partial charge in [0.1, 0.15) is 17.1 Å². The minimum atomic E-state index is -1.20. The van der Waals surface area contributed by atoms with Gasteiger partial charge in [-0.3, -0.25) is 9.69 Å². The number of benzene rings is 1. The van der Waals surface area contributed by atoms with Crippen molar-refractivity contribution in [3.63, 3.8) is 0 Å². The maximum atomic E-state index is 12.7. The topological polar surface area (TPSA) is 138 Å². The highest BCUT2D eigenvalue weighted by atomic mass is 35.5. The van der Waals surface area contributed by atoms with Gasteiger partial charge in [0, 0.05) is 25.0 Å². The summed E-state index contributed by atoms with van der Waals surface area (Å²) in [6.07, 6.45) is 0. The molecule has 0 spiro atoms. The van der Waals surface area contributed by atoms with Crippen LogP contribution in [0.5, 0.6) is 0 Å². The van der Waals surface area contributed by atoms with E-state index in [1.54, 1.807) is 25.1 Å². The first-order valence-electron chi connectivity index (χ1n) is 9.55. The summed E-state index contributed by atoms with van der Waals surface area (Å²) in [5, 5.41) is 23.2. The van der Waals surface area contributed by atoms with Crippen LogP contribution in [0.25, 0.3) is 0 Å². The van der Waals surface area contributed by atoms with Gasteiger partial charge in [-0.05, 0) is 23.3 Å². The van der Waals surface area contributed by atoms with Gasteiger partial charge in [-0.25, -0.2) is 9.59 Å². The summed E-state index contributed by atoms with van der Waals surface area (Å²) in [5.41, 5.74) is 1.24. The number of hydrogen-bond donors (Lipinski definition) is 3. The van der Waals surface area contributed by atoms with Crippen molar-refractivity contribution < 1.29 is 23.9 Å². The fourth-order valence-electron chi connectivity index (χ4n) is 3.30. The zero-order chi connectivity index (χ0) is 23.7. The van der Waals surface area contributed by atoms with Crippen LogP contribution in [0.4, 0.5) is 4.79 Å². The van der Waals surface area contributed by atoms with Crippen molar-refractivity contribution >= 4 is 64.6 Å². The zero-order valence-electron chi connectivity index (χ0n) is 17.0. The predicted molar refractivity (Wildman–Crippen MR) is 123 cm³/mol. The average molecular weight is 530 g/mol. The molecule has 3 heterocycles. The maximum Gasteiger partial charge on any atom is 0.352 e. The van der Waals surface area contributed by atoms with Gasteiger partial charge in [0.15, 0.2) is 0 Å². The second kappa shape index (κ2) is 9.84. The van der Waals surface area contributed by atoms with Crippen LogP contribution >= 0.6 is 46.7 Å². The van der Waals surface area contributed by atoms with Crippen LogP contribution in [0.2, 0.25) is 10.0 Å². The summed E-state index contributed by atoms with van der Waals surface area (Å²) in [7, 11) is 0. The van der Waals surface area contributed by atoms with Crippen molar-refractivity contribution in [1.82, 2.24) is 25.7 Å². The molecule has 1 fully saturated rings. The Hall–Kier alpha value is -2.41. The standard InChI is InChI=1S/C19H17Cl2N5O5S2/c1-8-24-25-19(31-8)33-7-10-6-32-16-13(15(27)26(16)14(10)17(28)29)23-18(30)22-5-9-2-3-11(20)12(21)4-9/h2-4,13,16H,5-7H2,1H3,(H,28,29)(H2,22,23,30)/t13?,16-/m1/s1. The number of carboxylic acids is 1. The van der Waals surface area contributed by atoms with E-state index in [0.717, 1.165) is 5.56 Å². The number of carbonyl (C=O) groups excluding carboxylic acids is 2. The molecular weight excluding hydrogens is 513 g/mol. The largest absolute Gasteiger partial charge is 0.477 e. The number of aryl methyl sites for hydroxylation is 1. The fourth-order valence-corrected chi connectivity index (χ4v) is 5.91. The highest BCUT2D eigenvalue weighted by Gasteiger charge is 2.54. The van der Waals surface area contributed by atoms with Gasteiger partial charge < -0.3 is 20.2 Å². The Kier molecular flexibility index (Phi) is 7.07. The molecule has 174 valence electrons. The summed E-state index contributed by atoms with van der Waals surface area (Å²) >= 11 is 14.4. The van der Waals surface area contributed by atoms with Crippen molar-refractivity contribution in [2.75, 3.05) is 11.5 Å². The minimum Gasteiger partial charge on any atom is -0.477 e. The number of aromatic nitrogens is 2. The molecule has 0 aliphatic carbocycles. The third-order valence-corrected chi connectivity index (χ3v) is 7.83. The predicted octanol–water partition coefficient (Wildman–Crippen LogP) is 2.90. The van der Waals surface area contributed by atoms with E-state index >= 15 is 0 Å². The Bertz CT molecular complexity index is 1160. The molecule has 1 aromatic carbocycles. The van der Waals surface area contributed by atoms with Crippen LogP contribution in [0.3, 0.4) is 0 Å². The number of carboxylic acid groups (broad SMARTS) is 1. The molecule has 14 heteroatoms. The molecule has 2 aromatic rings. The molecule has 10 nitrogen and oxygen atoms in total. The van der Waals surface area contributed by atoms with Crippen molar-refractivity contribution in [3.05, 3.63) is 51.0 Å². The van der Waals surface area contributed by atoms with Crippen molar-refractivity contribution in [3.8, 4) is 0 Å². The van der Waals surface area contributed by atoms with E-state index in [1.165, 1.54) is 28.4 Å². The Morgan fingerprint density at radius 2 is 2.12 bits per heavy atom. The normalized spacial score (nSPS) is 19.7. The Balaban J connectivity index is 1.37. The van der Waals surface area contributed by atoms with E-state index in [0.29, 0.717) is 32.5 Å². The number of nitrogens with zero attached hydrogens (tertiary/aromatic N) is 3. The first-order chi connectivity index (χ1) is 15.7. The van der Waals surface area contributed by atoms with E-state index in [9.17, 15) is 19.5 Å². The molecule has 0 bridgehead atoms. The molecule has 1 aromatic heterocycles. The lowest BCUT2D eigenvalue weighted by Crippen LogP contribution is -2.71. The summed E-state index contributed by atoms with van der Waals surface area (Å²) in [4.78, 5) is 38.2. The number of urea groups is 1. The lowest BCUT2D eigenvalue weighted by atomic mass is 10.0. The highest BCUT2D eigenvalue weighted by Crippen LogP contribution is 2.41. The molecule has 3 N–H and O–H groups in total.